The first-order valence-corrected chi connectivity index (χ1v) is 24.5. The van der Waals surface area contributed by atoms with Crippen molar-refractivity contribution < 1.29 is 4.74 Å². The van der Waals surface area contributed by atoms with E-state index in [0.29, 0.717) is 34.9 Å². The molecule has 2 heterocycles. The Bertz CT molecular complexity index is 1600. The predicted octanol–water partition coefficient (Wildman–Crippen LogP) is 13.9. The van der Waals surface area contributed by atoms with E-state index >= 15 is 0 Å². The molecule has 0 N–H and O–H groups in total. The quantitative estimate of drug-likeness (QED) is 0.259. The van der Waals surface area contributed by atoms with Crippen LogP contribution >= 0.6 is 0 Å². The molecule has 1 spiro atoms. The van der Waals surface area contributed by atoms with Crippen molar-refractivity contribution in [3.05, 3.63) is 59.1 Å². The molecule has 2 aliphatic heterocycles. The third-order valence-electron chi connectivity index (χ3n) is 18.5. The second-order valence-corrected chi connectivity index (χ2v) is 23.5. The molecule has 0 aromatic carbocycles. The summed E-state index contributed by atoms with van der Waals surface area (Å²) in [7, 11) is 0. The molecule has 3 nitrogen and oxygen atoms in total. The molecule has 1 saturated heterocycles. The van der Waals surface area contributed by atoms with Crippen LogP contribution in [0.15, 0.2) is 59.1 Å². The number of hydrogen-bond donors (Lipinski definition) is 0. The van der Waals surface area contributed by atoms with Crippen LogP contribution in [0.25, 0.3) is 0 Å². The fourth-order valence-electron chi connectivity index (χ4n) is 15.5. The van der Waals surface area contributed by atoms with Gasteiger partial charge in [-0.3, -0.25) is 4.90 Å². The van der Waals surface area contributed by atoms with E-state index in [4.69, 9.17) is 4.74 Å². The Morgan fingerprint density at radius 1 is 0.768 bits per heavy atom. The van der Waals surface area contributed by atoms with E-state index in [0.717, 1.165) is 29.7 Å². The smallest absolute Gasteiger partial charge is 0.127 e. The van der Waals surface area contributed by atoms with Crippen molar-refractivity contribution in [2.24, 2.45) is 45.8 Å². The summed E-state index contributed by atoms with van der Waals surface area (Å²) in [5, 5.41) is 0. The molecule has 4 fully saturated rings. The predicted molar refractivity (Wildman–Crippen MR) is 235 cm³/mol. The summed E-state index contributed by atoms with van der Waals surface area (Å²) in [5.41, 5.74) is 6.40. The van der Waals surface area contributed by atoms with Crippen molar-refractivity contribution >= 4 is 0 Å². The van der Waals surface area contributed by atoms with E-state index < -0.39 is 0 Å². The SMILES string of the molecule is CC(C)(C)C1=CCC(N(C2=CC(N3C4CCC(C(C)(C)C)CC4C4(CCCCC4)C3(C)C)CC(C3CCCCC3)C2)C2CCCC3=C2OC2C=CC=CC32)CC1. The van der Waals surface area contributed by atoms with Gasteiger partial charge in [0.2, 0.25) is 0 Å². The van der Waals surface area contributed by atoms with Crippen LogP contribution in [0.4, 0.5) is 0 Å². The summed E-state index contributed by atoms with van der Waals surface area (Å²) in [4.78, 5) is 6.39. The van der Waals surface area contributed by atoms with Gasteiger partial charge < -0.3 is 9.64 Å². The molecule has 3 saturated carbocycles. The van der Waals surface area contributed by atoms with E-state index in [2.05, 4.69) is 102 Å². The average molecular weight is 763 g/mol. The molecule has 56 heavy (non-hydrogen) atoms. The highest BCUT2D eigenvalue weighted by atomic mass is 16.5. The van der Waals surface area contributed by atoms with Crippen LogP contribution in [0.1, 0.15) is 190 Å². The Kier molecular flexibility index (Phi) is 10.7. The highest BCUT2D eigenvalue weighted by molar-refractivity contribution is 5.37. The molecular weight excluding hydrogens is 681 g/mol. The summed E-state index contributed by atoms with van der Waals surface area (Å²) in [6.45, 7) is 20.5. The topological polar surface area (TPSA) is 15.7 Å². The third kappa shape index (κ3) is 6.88. The maximum Gasteiger partial charge on any atom is 0.127 e. The van der Waals surface area contributed by atoms with Crippen LogP contribution in [0.5, 0.6) is 0 Å². The summed E-state index contributed by atoms with van der Waals surface area (Å²) in [6.07, 6.45) is 44.1. The minimum Gasteiger partial charge on any atom is -0.488 e. The summed E-state index contributed by atoms with van der Waals surface area (Å²) in [6, 6.07) is 2.21. The van der Waals surface area contributed by atoms with Crippen LogP contribution in [0.3, 0.4) is 0 Å². The fourth-order valence-corrected chi connectivity index (χ4v) is 15.5. The van der Waals surface area contributed by atoms with Crippen molar-refractivity contribution in [3.8, 4) is 0 Å². The van der Waals surface area contributed by atoms with Crippen LogP contribution in [0.2, 0.25) is 0 Å². The lowest BCUT2D eigenvalue weighted by atomic mass is 9.54. The molecule has 310 valence electrons. The lowest BCUT2D eigenvalue weighted by Gasteiger charge is -2.53. The lowest BCUT2D eigenvalue weighted by molar-refractivity contribution is -0.00982. The van der Waals surface area contributed by atoms with Crippen LogP contribution in [-0.4, -0.2) is 45.6 Å². The van der Waals surface area contributed by atoms with Gasteiger partial charge in [-0.1, -0.05) is 123 Å². The molecule has 9 aliphatic rings. The van der Waals surface area contributed by atoms with Crippen molar-refractivity contribution in [2.45, 2.75) is 226 Å². The molecule has 0 amide bonds. The van der Waals surface area contributed by atoms with Gasteiger partial charge in [-0.2, -0.15) is 0 Å². The summed E-state index contributed by atoms with van der Waals surface area (Å²) >= 11 is 0. The maximum atomic E-state index is 7.15. The fraction of sp³-hybridized carbons (Fsp3) is 0.811. The van der Waals surface area contributed by atoms with Crippen molar-refractivity contribution in [3.63, 3.8) is 0 Å². The second-order valence-electron chi connectivity index (χ2n) is 23.5. The standard InChI is InChI=1S/C53H82N2O/c1-50(2,3)38-24-27-40(28-25-38)54(47-22-17-21-44-43-20-13-14-23-48(43)56-49(44)47)41-32-37(36-18-11-9-12-19-36)33-42(35-41)55-46-29-26-39(51(4,5)6)34-45(46)53(52(55,7)8)30-15-10-16-31-53/h13-14,20,23-24,35-37,39-40,42-43,45-48H,9-12,15-19,21-22,25-34H2,1-8H3. The van der Waals surface area contributed by atoms with Gasteiger partial charge in [0.05, 0.1) is 6.04 Å². The van der Waals surface area contributed by atoms with E-state index in [1.165, 1.54) is 141 Å². The minimum atomic E-state index is 0.200. The normalized spacial score (nSPS) is 38.8. The van der Waals surface area contributed by atoms with E-state index in [1.807, 2.05) is 0 Å². The number of nitrogens with zero attached hydrogens (tertiary/aromatic N) is 2. The first-order chi connectivity index (χ1) is 26.8. The Morgan fingerprint density at radius 2 is 1.52 bits per heavy atom. The number of ether oxygens (including phenoxy) is 1. The Labute approximate surface area is 344 Å². The number of hydrogen-bond acceptors (Lipinski definition) is 3. The van der Waals surface area contributed by atoms with E-state index in [-0.39, 0.29) is 17.1 Å². The second kappa shape index (κ2) is 15.1. The molecule has 7 aliphatic carbocycles. The van der Waals surface area contributed by atoms with Gasteiger partial charge in [-0.15, -0.1) is 0 Å². The van der Waals surface area contributed by atoms with Gasteiger partial charge in [0.15, 0.2) is 0 Å². The lowest BCUT2D eigenvalue weighted by Crippen LogP contribution is -2.56. The molecule has 0 aromatic heterocycles. The molecule has 9 atom stereocenters. The van der Waals surface area contributed by atoms with Crippen LogP contribution in [0, 0.1) is 45.8 Å². The van der Waals surface area contributed by atoms with Crippen LogP contribution < -0.4 is 0 Å². The van der Waals surface area contributed by atoms with E-state index in [9.17, 15) is 0 Å². The molecule has 0 bridgehead atoms. The zero-order valence-electron chi connectivity index (χ0n) is 37.4. The Hall–Kier alpha value is -1.74. The van der Waals surface area contributed by atoms with Crippen molar-refractivity contribution in [1.29, 1.82) is 0 Å². The Morgan fingerprint density at radius 3 is 2.23 bits per heavy atom. The van der Waals surface area contributed by atoms with Gasteiger partial charge in [0, 0.05) is 35.3 Å². The van der Waals surface area contributed by atoms with Gasteiger partial charge in [0.1, 0.15) is 11.9 Å². The number of allylic oxidation sites excluding steroid dienone is 4. The highest BCUT2D eigenvalue weighted by Crippen LogP contribution is 2.66. The van der Waals surface area contributed by atoms with Crippen molar-refractivity contribution in [2.75, 3.05) is 0 Å². The van der Waals surface area contributed by atoms with Gasteiger partial charge in [-0.25, -0.2) is 0 Å². The molecule has 9 unspecified atom stereocenters. The maximum absolute atomic E-state index is 7.15. The highest BCUT2D eigenvalue weighted by Gasteiger charge is 2.65. The third-order valence-corrected chi connectivity index (χ3v) is 18.5. The largest absolute Gasteiger partial charge is 0.488 e. The number of rotatable bonds is 5. The summed E-state index contributed by atoms with van der Waals surface area (Å²) in [5.74, 6) is 5.21. The van der Waals surface area contributed by atoms with Crippen LogP contribution in [-0.2, 0) is 4.74 Å². The first-order valence-electron chi connectivity index (χ1n) is 24.5. The minimum absolute atomic E-state index is 0.200. The zero-order valence-corrected chi connectivity index (χ0v) is 37.4. The van der Waals surface area contributed by atoms with Gasteiger partial charge in [-0.05, 0) is 155 Å². The van der Waals surface area contributed by atoms with E-state index in [1.54, 1.807) is 16.8 Å². The first kappa shape index (κ1) is 39.7. The number of likely N-dealkylation sites (tertiary alicyclic amines) is 1. The molecule has 0 aromatic rings. The van der Waals surface area contributed by atoms with Crippen molar-refractivity contribution in [1.82, 2.24) is 9.80 Å². The molecule has 0 radical (unpaired) electrons. The number of fused-ring (bicyclic) bond motifs is 4. The van der Waals surface area contributed by atoms with Gasteiger partial charge in [0.25, 0.3) is 0 Å². The molecule has 3 heteroatoms. The Balaban J connectivity index is 1.14. The van der Waals surface area contributed by atoms with Gasteiger partial charge >= 0.3 is 0 Å². The monoisotopic (exact) mass is 763 g/mol. The molecular formula is C53H82N2O. The average Bonchev–Trinajstić information content (AvgIpc) is 3.65. The zero-order chi connectivity index (χ0) is 39.0. The molecule has 9 rings (SSSR count). The summed E-state index contributed by atoms with van der Waals surface area (Å²) < 4.78 is 7.15.